The van der Waals surface area contributed by atoms with E-state index < -0.39 is 14.9 Å². The highest BCUT2D eigenvalue weighted by molar-refractivity contribution is 7.89. The summed E-state index contributed by atoms with van der Waals surface area (Å²) in [4.78, 5) is 14.8. The number of nitro groups is 1. The minimum atomic E-state index is -3.78. The first kappa shape index (κ1) is 23.0. The van der Waals surface area contributed by atoms with Gasteiger partial charge in [0, 0.05) is 39.3 Å². The summed E-state index contributed by atoms with van der Waals surface area (Å²) >= 11 is 0. The number of rotatable bonds is 8. The highest BCUT2D eigenvalue weighted by Crippen LogP contribution is 2.31. The molecule has 0 unspecified atom stereocenters. The molecule has 0 N–H and O–H groups in total. The average molecular weight is 449 g/mol. The van der Waals surface area contributed by atoms with Gasteiger partial charge < -0.3 is 14.5 Å². The van der Waals surface area contributed by atoms with E-state index in [1.165, 1.54) is 16.4 Å². The van der Waals surface area contributed by atoms with Crippen LogP contribution in [0.3, 0.4) is 0 Å². The van der Waals surface area contributed by atoms with Crippen LogP contribution >= 0.6 is 0 Å². The molecule has 0 amide bonds. The summed E-state index contributed by atoms with van der Waals surface area (Å²) < 4.78 is 33.1. The molecule has 1 aliphatic heterocycles. The number of benzene rings is 2. The van der Waals surface area contributed by atoms with E-state index in [0.29, 0.717) is 45.0 Å². The molecule has 9 nitrogen and oxygen atoms in total. The normalized spacial score (nSPS) is 15.6. The van der Waals surface area contributed by atoms with Gasteiger partial charge in [0.25, 0.3) is 5.69 Å². The zero-order valence-corrected chi connectivity index (χ0v) is 18.8. The molecule has 1 fully saturated rings. The Bertz CT molecular complexity index is 1040. The molecule has 0 aliphatic carbocycles. The van der Waals surface area contributed by atoms with Crippen LogP contribution in [0, 0.1) is 17.0 Å². The maximum atomic E-state index is 13.0. The Kier molecular flexibility index (Phi) is 7.14. The number of hydrogen-bond donors (Lipinski definition) is 0. The molecule has 2 aromatic rings. The van der Waals surface area contributed by atoms with E-state index in [0.717, 1.165) is 17.4 Å². The lowest BCUT2D eigenvalue weighted by Gasteiger charge is -2.31. The fraction of sp³-hybridized carbons (Fsp3) is 0.429. The molecule has 0 aromatic heterocycles. The van der Waals surface area contributed by atoms with E-state index in [4.69, 9.17) is 4.74 Å². The largest absolute Gasteiger partial charge is 0.491 e. The Morgan fingerprint density at radius 2 is 1.81 bits per heavy atom. The highest BCUT2D eigenvalue weighted by Gasteiger charge is 2.30. The Morgan fingerprint density at radius 3 is 2.45 bits per heavy atom. The second-order valence-corrected chi connectivity index (χ2v) is 9.59. The summed E-state index contributed by atoms with van der Waals surface area (Å²) in [5.74, 6) is 0.763. The molecule has 2 aromatic carbocycles. The van der Waals surface area contributed by atoms with Gasteiger partial charge >= 0.3 is 0 Å². The van der Waals surface area contributed by atoms with Gasteiger partial charge in [-0.15, -0.1) is 0 Å². The quantitative estimate of drug-likeness (QED) is 0.452. The first-order valence-electron chi connectivity index (χ1n) is 10.1. The van der Waals surface area contributed by atoms with Gasteiger partial charge in [0.1, 0.15) is 18.0 Å². The van der Waals surface area contributed by atoms with Crippen molar-refractivity contribution in [1.82, 2.24) is 9.21 Å². The summed E-state index contributed by atoms with van der Waals surface area (Å²) in [7, 11) is -0.129. The van der Waals surface area contributed by atoms with E-state index in [2.05, 4.69) is 0 Å². The number of para-hydroxylation sites is 1. The molecule has 0 spiro atoms. The second kappa shape index (κ2) is 9.63. The van der Waals surface area contributed by atoms with Crippen molar-refractivity contribution in [3.8, 4) is 5.75 Å². The third kappa shape index (κ3) is 5.33. The Hall–Kier alpha value is -2.69. The van der Waals surface area contributed by atoms with Crippen molar-refractivity contribution < 1.29 is 18.1 Å². The van der Waals surface area contributed by atoms with Gasteiger partial charge in [-0.1, -0.05) is 18.2 Å². The van der Waals surface area contributed by atoms with Gasteiger partial charge in [0.15, 0.2) is 0 Å². The van der Waals surface area contributed by atoms with Gasteiger partial charge in [-0.2, -0.15) is 4.31 Å². The van der Waals surface area contributed by atoms with Crippen LogP contribution in [-0.2, 0) is 10.0 Å². The van der Waals surface area contributed by atoms with Crippen molar-refractivity contribution >= 4 is 21.4 Å². The van der Waals surface area contributed by atoms with Crippen LogP contribution in [0.4, 0.5) is 11.4 Å². The summed E-state index contributed by atoms with van der Waals surface area (Å²) in [6, 6.07) is 11.7. The lowest BCUT2D eigenvalue weighted by molar-refractivity contribution is -0.384. The summed E-state index contributed by atoms with van der Waals surface area (Å²) in [6.07, 6.45) is 0. The van der Waals surface area contributed by atoms with Crippen molar-refractivity contribution in [1.29, 1.82) is 0 Å². The second-order valence-electron chi connectivity index (χ2n) is 7.65. The van der Waals surface area contributed by atoms with Crippen molar-refractivity contribution in [2.45, 2.75) is 11.8 Å². The zero-order chi connectivity index (χ0) is 22.6. The molecule has 0 atom stereocenters. The molecular formula is C21H28N4O5S. The number of sulfonamides is 1. The highest BCUT2D eigenvalue weighted by atomic mass is 32.2. The Balaban J connectivity index is 1.75. The Labute approximate surface area is 183 Å². The fourth-order valence-corrected chi connectivity index (χ4v) is 4.88. The fourth-order valence-electron chi connectivity index (χ4n) is 3.44. The number of anilines is 1. The summed E-state index contributed by atoms with van der Waals surface area (Å²) in [6.45, 7) is 4.67. The van der Waals surface area contributed by atoms with Crippen LogP contribution in [0.2, 0.25) is 0 Å². The lowest BCUT2D eigenvalue weighted by Crippen LogP contribution is -2.47. The van der Waals surface area contributed by atoms with Gasteiger partial charge in [0.05, 0.1) is 16.4 Å². The summed E-state index contributed by atoms with van der Waals surface area (Å²) in [5, 5.41) is 11.7. The number of likely N-dealkylation sites (N-methyl/N-ethyl adjacent to an activating group) is 2. The van der Waals surface area contributed by atoms with Crippen molar-refractivity contribution in [3.63, 3.8) is 0 Å². The van der Waals surface area contributed by atoms with E-state index in [9.17, 15) is 18.5 Å². The molecular weight excluding hydrogens is 420 g/mol. The molecule has 31 heavy (non-hydrogen) atoms. The monoisotopic (exact) mass is 448 g/mol. The number of nitrogens with zero attached hydrogens (tertiary/aromatic N) is 4. The molecule has 0 radical (unpaired) electrons. The van der Waals surface area contributed by atoms with Crippen molar-refractivity contribution in [2.75, 3.05) is 58.3 Å². The van der Waals surface area contributed by atoms with Crippen LogP contribution in [0.1, 0.15) is 5.56 Å². The topological polar surface area (TPSA) is 96.2 Å². The third-order valence-electron chi connectivity index (χ3n) is 5.43. The summed E-state index contributed by atoms with van der Waals surface area (Å²) in [5.41, 5.74) is 1.11. The number of ether oxygens (including phenoxy) is 1. The average Bonchev–Trinajstić information content (AvgIpc) is 2.74. The molecule has 168 valence electrons. The van der Waals surface area contributed by atoms with Crippen molar-refractivity contribution in [2.24, 2.45) is 0 Å². The van der Waals surface area contributed by atoms with Gasteiger partial charge in [-0.05, 0) is 37.7 Å². The molecule has 0 bridgehead atoms. The predicted molar refractivity (Wildman–Crippen MR) is 119 cm³/mol. The minimum absolute atomic E-state index is 0.0583. The maximum absolute atomic E-state index is 13.0. The third-order valence-corrected chi connectivity index (χ3v) is 7.33. The number of aryl methyl sites for hydroxylation is 1. The van der Waals surface area contributed by atoms with Crippen LogP contribution in [-0.4, -0.2) is 76.0 Å². The van der Waals surface area contributed by atoms with E-state index in [1.807, 2.05) is 43.1 Å². The molecule has 1 saturated heterocycles. The molecule has 10 heteroatoms. The van der Waals surface area contributed by atoms with E-state index >= 15 is 0 Å². The first-order chi connectivity index (χ1) is 14.7. The first-order valence-corrected chi connectivity index (χ1v) is 11.5. The zero-order valence-electron chi connectivity index (χ0n) is 18.0. The smallest absolute Gasteiger partial charge is 0.293 e. The van der Waals surface area contributed by atoms with Crippen LogP contribution in [0.5, 0.6) is 5.75 Å². The van der Waals surface area contributed by atoms with Gasteiger partial charge in [0.2, 0.25) is 10.0 Å². The Morgan fingerprint density at radius 1 is 1.13 bits per heavy atom. The predicted octanol–water partition coefficient (Wildman–Crippen LogP) is 2.35. The number of nitro benzene ring substituents is 1. The van der Waals surface area contributed by atoms with E-state index in [-0.39, 0.29) is 10.6 Å². The number of piperazine rings is 1. The molecule has 1 heterocycles. The van der Waals surface area contributed by atoms with Gasteiger partial charge in [-0.25, -0.2) is 8.42 Å². The van der Waals surface area contributed by atoms with E-state index in [1.54, 1.807) is 11.9 Å². The number of hydrogen-bond acceptors (Lipinski definition) is 7. The van der Waals surface area contributed by atoms with Gasteiger partial charge in [-0.3, -0.25) is 10.1 Å². The molecule has 1 aliphatic rings. The molecule has 3 rings (SSSR count). The lowest BCUT2D eigenvalue weighted by atomic mass is 10.2. The maximum Gasteiger partial charge on any atom is 0.293 e. The van der Waals surface area contributed by atoms with Crippen LogP contribution in [0.15, 0.2) is 47.4 Å². The SMILES string of the molecule is Cc1ccccc1OCCN(C)c1ccc(S(=O)(=O)N2CCN(C)CC2)cc1[N+](=O)[O-]. The standard InChI is InChI=1S/C21H28N4O5S/c1-17-6-4-5-7-21(17)30-15-14-23(3)19-9-8-18(16-20(19)25(26)27)31(28,29)24-12-10-22(2)11-13-24/h4-9,16H,10-15H2,1-3H3. The van der Waals surface area contributed by atoms with Crippen molar-refractivity contribution in [3.05, 3.63) is 58.1 Å². The van der Waals surface area contributed by atoms with Crippen LogP contribution in [0.25, 0.3) is 0 Å². The molecule has 0 saturated carbocycles. The minimum Gasteiger partial charge on any atom is -0.491 e. The van der Waals surface area contributed by atoms with Crippen LogP contribution < -0.4 is 9.64 Å².